The van der Waals surface area contributed by atoms with E-state index in [-0.39, 0.29) is 11.4 Å². The molecule has 0 aliphatic carbocycles. The van der Waals surface area contributed by atoms with Gasteiger partial charge in [0, 0.05) is 6.61 Å². The molecule has 0 radical (unpaired) electrons. The number of nitrogens with zero attached hydrogens (tertiary/aromatic N) is 2. The van der Waals surface area contributed by atoms with Crippen LogP contribution in [0.15, 0.2) is 18.2 Å². The zero-order valence-electron chi connectivity index (χ0n) is 10.8. The quantitative estimate of drug-likeness (QED) is 0.771. The minimum atomic E-state index is -0.148. The highest BCUT2D eigenvalue weighted by Gasteiger charge is 2.24. The average molecular weight is 299 g/mol. The van der Waals surface area contributed by atoms with Crippen molar-refractivity contribution in [2.45, 2.75) is 31.2 Å². The highest BCUT2D eigenvalue weighted by atomic mass is 35.5. The topological polar surface area (TPSA) is 27.1 Å². The third-order valence-electron chi connectivity index (χ3n) is 3.55. The maximum Gasteiger partial charge on any atom is 0.128 e. The fourth-order valence-corrected chi connectivity index (χ4v) is 3.12. The zero-order chi connectivity index (χ0) is 13.4. The fourth-order valence-electron chi connectivity index (χ4n) is 2.70. The molecule has 1 saturated heterocycles. The maximum atomic E-state index is 6.35. The summed E-state index contributed by atoms with van der Waals surface area (Å²) < 4.78 is 7.77. The smallest absolute Gasteiger partial charge is 0.128 e. The van der Waals surface area contributed by atoms with Crippen molar-refractivity contribution in [2.75, 3.05) is 13.2 Å². The van der Waals surface area contributed by atoms with Gasteiger partial charge in [-0.15, -0.1) is 11.6 Å². The summed E-state index contributed by atoms with van der Waals surface area (Å²) >= 11 is 12.6. The third kappa shape index (κ3) is 2.35. The Bertz CT molecular complexity index is 588. The summed E-state index contributed by atoms with van der Waals surface area (Å²) in [5, 5.41) is 0.574. The number of imidazole rings is 1. The van der Waals surface area contributed by atoms with Crippen LogP contribution in [-0.2, 0) is 4.74 Å². The molecule has 1 aliphatic rings. The number of alkyl halides is 1. The Balaban J connectivity index is 2.20. The molecule has 102 valence electrons. The number of hydrogen-bond acceptors (Lipinski definition) is 2. The highest BCUT2D eigenvalue weighted by molar-refractivity contribution is 6.35. The Kier molecular flexibility index (Phi) is 3.70. The molecule has 5 heteroatoms. The van der Waals surface area contributed by atoms with Gasteiger partial charge in [0.2, 0.25) is 0 Å². The van der Waals surface area contributed by atoms with Gasteiger partial charge in [-0.05, 0) is 31.9 Å². The molecule has 0 saturated carbocycles. The Hall–Kier alpha value is -0.770. The summed E-state index contributed by atoms with van der Waals surface area (Å²) in [5.41, 5.74) is 1.88. The molecule has 1 fully saturated rings. The number of benzene rings is 1. The Morgan fingerprint density at radius 1 is 1.47 bits per heavy atom. The fraction of sp³-hybridized carbons (Fsp3) is 0.500. The molecular formula is C14H16Cl2N2O. The van der Waals surface area contributed by atoms with Crippen molar-refractivity contribution in [3.8, 4) is 0 Å². The van der Waals surface area contributed by atoms with Crippen LogP contribution in [0.1, 0.15) is 37.0 Å². The zero-order valence-corrected chi connectivity index (χ0v) is 12.3. The summed E-state index contributed by atoms with van der Waals surface area (Å²) in [4.78, 5) is 4.64. The molecule has 0 spiro atoms. The van der Waals surface area contributed by atoms with Gasteiger partial charge >= 0.3 is 0 Å². The van der Waals surface area contributed by atoms with Crippen molar-refractivity contribution in [1.29, 1.82) is 0 Å². The second-order valence-electron chi connectivity index (χ2n) is 4.93. The lowest BCUT2D eigenvalue weighted by atomic mass is 10.1. The van der Waals surface area contributed by atoms with E-state index in [0.29, 0.717) is 6.61 Å². The molecule has 0 N–H and O–H groups in total. The lowest BCUT2D eigenvalue weighted by Crippen LogP contribution is -2.23. The summed E-state index contributed by atoms with van der Waals surface area (Å²) in [6.45, 7) is 3.48. The van der Waals surface area contributed by atoms with Crippen LogP contribution in [0, 0.1) is 0 Å². The normalized spacial score (nSPS) is 21.7. The molecule has 2 aromatic rings. The van der Waals surface area contributed by atoms with E-state index in [4.69, 9.17) is 27.9 Å². The highest BCUT2D eigenvalue weighted by Crippen LogP contribution is 2.34. The van der Waals surface area contributed by atoms with Crippen LogP contribution >= 0.6 is 23.2 Å². The first kappa shape index (κ1) is 13.2. The molecule has 0 bridgehead atoms. The van der Waals surface area contributed by atoms with E-state index in [1.807, 2.05) is 25.1 Å². The van der Waals surface area contributed by atoms with Gasteiger partial charge in [-0.25, -0.2) is 4.98 Å². The predicted octanol–water partition coefficient (Wildman–Crippen LogP) is 4.34. The molecule has 1 aromatic carbocycles. The average Bonchev–Trinajstić information content (AvgIpc) is 2.81. The van der Waals surface area contributed by atoms with Crippen LogP contribution in [-0.4, -0.2) is 22.8 Å². The second kappa shape index (κ2) is 5.31. The van der Waals surface area contributed by atoms with Gasteiger partial charge in [0.15, 0.2) is 0 Å². The van der Waals surface area contributed by atoms with E-state index in [9.17, 15) is 0 Å². The molecule has 3 rings (SSSR count). The van der Waals surface area contributed by atoms with E-state index in [2.05, 4.69) is 9.55 Å². The molecule has 2 heterocycles. The first-order chi connectivity index (χ1) is 9.18. The largest absolute Gasteiger partial charge is 0.379 e. The number of halogens is 2. The summed E-state index contributed by atoms with van der Waals surface area (Å²) in [5.74, 6) is 0.875. The van der Waals surface area contributed by atoms with Crippen LogP contribution in [0.5, 0.6) is 0 Å². The van der Waals surface area contributed by atoms with Gasteiger partial charge in [0.1, 0.15) is 5.82 Å². The van der Waals surface area contributed by atoms with E-state index < -0.39 is 0 Å². The van der Waals surface area contributed by atoms with E-state index >= 15 is 0 Å². The number of ether oxygens (including phenoxy) is 1. The standard InChI is InChI=1S/C14H16Cl2N2O/c1-9(15)14-17-12-6-2-5-11(16)13(12)18(14)10-4-3-7-19-8-10/h2,5-6,9-10H,3-4,7-8H2,1H3. The number of hydrogen-bond donors (Lipinski definition) is 0. The van der Waals surface area contributed by atoms with E-state index in [1.54, 1.807) is 0 Å². The number of para-hydroxylation sites is 1. The van der Waals surface area contributed by atoms with Crippen LogP contribution in [0.3, 0.4) is 0 Å². The first-order valence-electron chi connectivity index (χ1n) is 6.56. The molecule has 1 aliphatic heterocycles. The van der Waals surface area contributed by atoms with Crippen LogP contribution in [0.4, 0.5) is 0 Å². The van der Waals surface area contributed by atoms with E-state index in [1.165, 1.54) is 0 Å². The van der Waals surface area contributed by atoms with Crippen LogP contribution in [0.2, 0.25) is 5.02 Å². The second-order valence-corrected chi connectivity index (χ2v) is 6.00. The molecule has 2 unspecified atom stereocenters. The Morgan fingerprint density at radius 2 is 2.32 bits per heavy atom. The molecule has 1 aromatic heterocycles. The van der Waals surface area contributed by atoms with Crippen molar-refractivity contribution in [3.05, 3.63) is 29.0 Å². The van der Waals surface area contributed by atoms with Crippen molar-refractivity contribution in [1.82, 2.24) is 9.55 Å². The molecule has 3 nitrogen and oxygen atoms in total. The Labute approximate surface area is 122 Å². The van der Waals surface area contributed by atoms with Crippen LogP contribution < -0.4 is 0 Å². The predicted molar refractivity (Wildman–Crippen MR) is 78.1 cm³/mol. The van der Waals surface area contributed by atoms with E-state index in [0.717, 1.165) is 41.3 Å². The van der Waals surface area contributed by atoms with Crippen molar-refractivity contribution < 1.29 is 4.74 Å². The minimum absolute atomic E-state index is 0.148. The molecule has 2 atom stereocenters. The van der Waals surface area contributed by atoms with Gasteiger partial charge in [-0.2, -0.15) is 0 Å². The number of aromatic nitrogens is 2. The first-order valence-corrected chi connectivity index (χ1v) is 7.38. The van der Waals surface area contributed by atoms with Gasteiger partial charge < -0.3 is 9.30 Å². The van der Waals surface area contributed by atoms with Crippen molar-refractivity contribution in [3.63, 3.8) is 0 Å². The molecule has 0 amide bonds. The lowest BCUT2D eigenvalue weighted by molar-refractivity contribution is 0.0595. The molecular weight excluding hydrogens is 283 g/mol. The van der Waals surface area contributed by atoms with Crippen LogP contribution in [0.25, 0.3) is 11.0 Å². The van der Waals surface area contributed by atoms with Crippen molar-refractivity contribution >= 4 is 34.2 Å². The lowest BCUT2D eigenvalue weighted by Gasteiger charge is -2.26. The summed E-state index contributed by atoms with van der Waals surface area (Å²) in [6.07, 6.45) is 2.14. The summed E-state index contributed by atoms with van der Waals surface area (Å²) in [6, 6.07) is 6.07. The van der Waals surface area contributed by atoms with Gasteiger partial charge in [0.05, 0.1) is 34.1 Å². The van der Waals surface area contributed by atoms with Gasteiger partial charge in [0.25, 0.3) is 0 Å². The molecule has 19 heavy (non-hydrogen) atoms. The Morgan fingerprint density at radius 3 is 3.00 bits per heavy atom. The van der Waals surface area contributed by atoms with Gasteiger partial charge in [-0.3, -0.25) is 0 Å². The minimum Gasteiger partial charge on any atom is -0.379 e. The van der Waals surface area contributed by atoms with Crippen molar-refractivity contribution in [2.24, 2.45) is 0 Å². The third-order valence-corrected chi connectivity index (χ3v) is 4.05. The monoisotopic (exact) mass is 298 g/mol. The number of rotatable bonds is 2. The number of fused-ring (bicyclic) bond motifs is 1. The maximum absolute atomic E-state index is 6.35. The summed E-state index contributed by atoms with van der Waals surface area (Å²) in [7, 11) is 0. The SMILES string of the molecule is CC(Cl)c1nc2cccc(Cl)c2n1C1CCCOC1. The van der Waals surface area contributed by atoms with Gasteiger partial charge in [-0.1, -0.05) is 17.7 Å².